The molecule has 3 aromatic rings. The summed E-state index contributed by atoms with van der Waals surface area (Å²) in [6.45, 7) is 1.58. The third-order valence-corrected chi connectivity index (χ3v) is 5.23. The van der Waals surface area contributed by atoms with Crippen LogP contribution in [0.5, 0.6) is 0 Å². The first-order chi connectivity index (χ1) is 13.0. The zero-order valence-corrected chi connectivity index (χ0v) is 15.7. The van der Waals surface area contributed by atoms with Crippen molar-refractivity contribution in [2.75, 3.05) is 6.61 Å². The summed E-state index contributed by atoms with van der Waals surface area (Å²) >= 11 is 1.21. The molecule has 3 rings (SSSR count). The maximum Gasteiger partial charge on any atom is 0.348 e. The Morgan fingerprint density at radius 2 is 1.93 bits per heavy atom. The summed E-state index contributed by atoms with van der Waals surface area (Å²) in [6, 6.07) is 15.9. The molecular formula is C21H20FNO3S. The highest BCUT2D eigenvalue weighted by molar-refractivity contribution is 7.20. The van der Waals surface area contributed by atoms with Crippen LogP contribution in [-0.4, -0.2) is 24.5 Å². The van der Waals surface area contributed by atoms with E-state index in [-0.39, 0.29) is 24.4 Å². The van der Waals surface area contributed by atoms with E-state index in [9.17, 15) is 14.0 Å². The number of aryl methyl sites for hydroxylation is 1. The molecule has 0 aliphatic rings. The van der Waals surface area contributed by atoms with E-state index < -0.39 is 5.97 Å². The largest absolute Gasteiger partial charge is 0.451 e. The van der Waals surface area contributed by atoms with Crippen LogP contribution in [0.4, 0.5) is 4.39 Å². The lowest BCUT2D eigenvalue weighted by Crippen LogP contribution is -2.36. The van der Waals surface area contributed by atoms with Gasteiger partial charge in [0.25, 0.3) is 5.91 Å². The average Bonchev–Trinajstić information content (AvgIpc) is 3.08. The summed E-state index contributed by atoms with van der Waals surface area (Å²) in [5.41, 5.74) is 1.21. The number of rotatable bonds is 7. The van der Waals surface area contributed by atoms with Gasteiger partial charge < -0.3 is 10.1 Å². The molecule has 140 valence electrons. The standard InChI is InChI=1S/C21H20FNO3S/c1-14(7-8-15-5-3-2-4-6-15)23-20(24)13-26-21(25)19-12-16-11-17(22)9-10-18(16)27-19/h2-6,9-12,14H,7-8,13H2,1H3,(H,23,24)/t14-/m1/s1. The highest BCUT2D eigenvalue weighted by Gasteiger charge is 2.15. The Kier molecular flexibility index (Phi) is 6.19. The summed E-state index contributed by atoms with van der Waals surface area (Å²) in [4.78, 5) is 24.4. The van der Waals surface area contributed by atoms with Crippen molar-refractivity contribution in [2.24, 2.45) is 0 Å². The molecule has 0 aliphatic heterocycles. The number of esters is 1. The fourth-order valence-electron chi connectivity index (χ4n) is 2.73. The van der Waals surface area contributed by atoms with Crippen LogP contribution in [0.1, 0.15) is 28.6 Å². The third-order valence-electron chi connectivity index (χ3n) is 4.13. The van der Waals surface area contributed by atoms with Gasteiger partial charge in [-0.3, -0.25) is 4.79 Å². The summed E-state index contributed by atoms with van der Waals surface area (Å²) in [6.07, 6.45) is 1.66. The number of benzene rings is 2. The first-order valence-electron chi connectivity index (χ1n) is 8.71. The Bertz CT molecular complexity index is 939. The van der Waals surface area contributed by atoms with E-state index in [1.807, 2.05) is 37.3 Å². The molecule has 1 heterocycles. The number of carbonyl (C=O) groups excluding carboxylic acids is 2. The third kappa shape index (κ3) is 5.37. The number of carbonyl (C=O) groups is 2. The molecule has 0 saturated heterocycles. The Labute approximate surface area is 161 Å². The Balaban J connectivity index is 1.45. The Morgan fingerprint density at radius 1 is 1.15 bits per heavy atom. The monoisotopic (exact) mass is 385 g/mol. The minimum atomic E-state index is -0.580. The summed E-state index contributed by atoms with van der Waals surface area (Å²) in [5.74, 6) is -1.27. The van der Waals surface area contributed by atoms with Gasteiger partial charge in [-0.25, -0.2) is 9.18 Å². The van der Waals surface area contributed by atoms with E-state index in [1.165, 1.54) is 29.0 Å². The van der Waals surface area contributed by atoms with Crippen molar-refractivity contribution < 1.29 is 18.7 Å². The lowest BCUT2D eigenvalue weighted by Gasteiger charge is -2.13. The second-order valence-corrected chi connectivity index (χ2v) is 7.45. The van der Waals surface area contributed by atoms with E-state index in [1.54, 1.807) is 12.1 Å². The van der Waals surface area contributed by atoms with Crippen LogP contribution >= 0.6 is 11.3 Å². The van der Waals surface area contributed by atoms with E-state index in [4.69, 9.17) is 4.74 Å². The quantitative estimate of drug-likeness (QED) is 0.616. The van der Waals surface area contributed by atoms with Gasteiger partial charge in [0.2, 0.25) is 0 Å². The lowest BCUT2D eigenvalue weighted by atomic mass is 10.1. The maximum absolute atomic E-state index is 13.2. The second kappa shape index (κ2) is 8.77. The number of thiophene rings is 1. The van der Waals surface area contributed by atoms with Gasteiger partial charge in [-0.2, -0.15) is 0 Å². The van der Waals surface area contributed by atoms with Gasteiger partial charge in [-0.05, 0) is 55.0 Å². The molecule has 0 aliphatic carbocycles. The smallest absolute Gasteiger partial charge is 0.348 e. The zero-order chi connectivity index (χ0) is 19.2. The molecule has 2 aromatic carbocycles. The Morgan fingerprint density at radius 3 is 2.70 bits per heavy atom. The van der Waals surface area contributed by atoms with Crippen molar-refractivity contribution in [2.45, 2.75) is 25.8 Å². The van der Waals surface area contributed by atoms with Gasteiger partial charge in [0.15, 0.2) is 6.61 Å². The van der Waals surface area contributed by atoms with Crippen LogP contribution in [0, 0.1) is 5.82 Å². The molecular weight excluding hydrogens is 365 g/mol. The van der Waals surface area contributed by atoms with Crippen LogP contribution < -0.4 is 5.32 Å². The molecule has 0 spiro atoms. The average molecular weight is 385 g/mol. The number of amides is 1. The SMILES string of the molecule is C[C@H](CCc1ccccc1)NC(=O)COC(=O)c1cc2cc(F)ccc2s1. The fraction of sp³-hybridized carbons (Fsp3) is 0.238. The van der Waals surface area contributed by atoms with Crippen molar-refractivity contribution in [3.63, 3.8) is 0 Å². The fourth-order valence-corrected chi connectivity index (χ4v) is 3.67. The van der Waals surface area contributed by atoms with E-state index >= 15 is 0 Å². The predicted octanol–water partition coefficient (Wildman–Crippen LogP) is 4.33. The zero-order valence-electron chi connectivity index (χ0n) is 14.9. The molecule has 0 fully saturated rings. The van der Waals surface area contributed by atoms with E-state index in [0.717, 1.165) is 17.5 Å². The maximum atomic E-state index is 13.2. The predicted molar refractivity (Wildman–Crippen MR) is 104 cm³/mol. The number of hydrogen-bond acceptors (Lipinski definition) is 4. The molecule has 6 heteroatoms. The van der Waals surface area contributed by atoms with Crippen LogP contribution in [0.15, 0.2) is 54.6 Å². The first-order valence-corrected chi connectivity index (χ1v) is 9.52. The molecule has 0 radical (unpaired) electrons. The molecule has 1 amide bonds. The van der Waals surface area contributed by atoms with Gasteiger partial charge in [-0.1, -0.05) is 30.3 Å². The van der Waals surface area contributed by atoms with E-state index in [2.05, 4.69) is 5.32 Å². The molecule has 4 nitrogen and oxygen atoms in total. The van der Waals surface area contributed by atoms with Crippen molar-refractivity contribution in [3.05, 3.63) is 70.9 Å². The number of nitrogens with one attached hydrogen (secondary N) is 1. The van der Waals surface area contributed by atoms with Crippen LogP contribution in [0.25, 0.3) is 10.1 Å². The lowest BCUT2D eigenvalue weighted by molar-refractivity contribution is -0.124. The first kappa shape index (κ1) is 19.0. The number of hydrogen-bond donors (Lipinski definition) is 1. The summed E-state index contributed by atoms with van der Waals surface area (Å²) in [5, 5.41) is 3.47. The topological polar surface area (TPSA) is 55.4 Å². The molecule has 1 atom stereocenters. The normalized spacial score (nSPS) is 11.9. The number of ether oxygens (including phenoxy) is 1. The van der Waals surface area contributed by atoms with Gasteiger partial charge in [0.1, 0.15) is 10.7 Å². The van der Waals surface area contributed by atoms with Crippen molar-refractivity contribution >= 4 is 33.3 Å². The molecule has 0 saturated carbocycles. The van der Waals surface area contributed by atoms with Gasteiger partial charge in [0.05, 0.1) is 0 Å². The van der Waals surface area contributed by atoms with Crippen molar-refractivity contribution in [1.82, 2.24) is 5.32 Å². The molecule has 1 aromatic heterocycles. The van der Waals surface area contributed by atoms with E-state index in [0.29, 0.717) is 10.3 Å². The van der Waals surface area contributed by atoms with Crippen molar-refractivity contribution in [3.8, 4) is 0 Å². The second-order valence-electron chi connectivity index (χ2n) is 6.36. The van der Waals surface area contributed by atoms with Gasteiger partial charge in [-0.15, -0.1) is 11.3 Å². The summed E-state index contributed by atoms with van der Waals surface area (Å²) < 4.78 is 19.1. The van der Waals surface area contributed by atoms with Crippen molar-refractivity contribution in [1.29, 1.82) is 0 Å². The molecule has 1 N–H and O–H groups in total. The van der Waals surface area contributed by atoms with Gasteiger partial charge in [0, 0.05) is 10.7 Å². The van der Waals surface area contributed by atoms with Crippen LogP contribution in [-0.2, 0) is 16.0 Å². The molecule has 0 unspecified atom stereocenters. The minimum Gasteiger partial charge on any atom is -0.451 e. The van der Waals surface area contributed by atoms with Crippen LogP contribution in [0.2, 0.25) is 0 Å². The highest BCUT2D eigenvalue weighted by atomic mass is 32.1. The molecule has 0 bridgehead atoms. The highest BCUT2D eigenvalue weighted by Crippen LogP contribution is 2.26. The molecule has 27 heavy (non-hydrogen) atoms. The number of fused-ring (bicyclic) bond motifs is 1. The van der Waals surface area contributed by atoms with Gasteiger partial charge >= 0.3 is 5.97 Å². The van der Waals surface area contributed by atoms with Crippen LogP contribution in [0.3, 0.4) is 0 Å². The number of halogens is 1. The summed E-state index contributed by atoms with van der Waals surface area (Å²) in [7, 11) is 0. The minimum absolute atomic E-state index is 0.0243. The Hall–Kier alpha value is -2.73.